The first-order valence-electron chi connectivity index (χ1n) is 9.66. The molecule has 3 rings (SSSR count). The lowest BCUT2D eigenvalue weighted by Gasteiger charge is -2.33. The van der Waals surface area contributed by atoms with Gasteiger partial charge in [-0.1, -0.05) is 12.1 Å². The van der Waals surface area contributed by atoms with Gasteiger partial charge in [0.1, 0.15) is 0 Å². The van der Waals surface area contributed by atoms with Crippen LogP contribution in [0.3, 0.4) is 0 Å². The fraction of sp³-hybridized carbons (Fsp3) is 0.550. The predicted molar refractivity (Wildman–Crippen MR) is 102 cm³/mol. The number of hydrogen-bond acceptors (Lipinski definition) is 4. The maximum absolute atomic E-state index is 12.3. The summed E-state index contributed by atoms with van der Waals surface area (Å²) in [5, 5.41) is 2.93. The Morgan fingerprint density at radius 2 is 1.52 bits per heavy atom. The molecule has 2 aliphatic heterocycles. The molecule has 0 aromatic heterocycles. The van der Waals surface area contributed by atoms with Crippen molar-refractivity contribution in [1.82, 2.24) is 20.0 Å². The molecule has 0 spiro atoms. The number of likely N-dealkylation sites (tertiary alicyclic amines) is 1. The summed E-state index contributed by atoms with van der Waals surface area (Å²) in [5.41, 5.74) is 1.68. The van der Waals surface area contributed by atoms with Crippen molar-refractivity contribution in [3.63, 3.8) is 0 Å². The van der Waals surface area contributed by atoms with Gasteiger partial charge < -0.3 is 15.1 Å². The molecule has 3 amide bonds. The molecule has 0 unspecified atom stereocenters. The molecule has 0 aliphatic carbocycles. The van der Waals surface area contributed by atoms with E-state index >= 15 is 0 Å². The van der Waals surface area contributed by atoms with E-state index in [1.807, 2.05) is 29.2 Å². The molecular weight excluding hydrogens is 344 g/mol. The minimum absolute atomic E-state index is 0.0245. The minimum atomic E-state index is -0.0245. The third-order valence-corrected chi connectivity index (χ3v) is 5.27. The zero-order valence-electron chi connectivity index (χ0n) is 15.9. The average Bonchev–Trinajstić information content (AvgIpc) is 3.21. The number of nitrogens with zero attached hydrogens (tertiary/aromatic N) is 3. The van der Waals surface area contributed by atoms with Gasteiger partial charge in [0.25, 0.3) is 5.91 Å². The van der Waals surface area contributed by atoms with E-state index in [0.29, 0.717) is 31.7 Å². The van der Waals surface area contributed by atoms with Gasteiger partial charge in [-0.15, -0.1) is 0 Å². The van der Waals surface area contributed by atoms with Crippen LogP contribution in [0.1, 0.15) is 35.7 Å². The summed E-state index contributed by atoms with van der Waals surface area (Å²) >= 11 is 0. The van der Waals surface area contributed by atoms with Gasteiger partial charge in [0, 0.05) is 58.3 Å². The molecule has 7 heteroatoms. The number of benzene rings is 1. The molecule has 2 fully saturated rings. The highest BCUT2D eigenvalue weighted by Gasteiger charge is 2.21. The van der Waals surface area contributed by atoms with E-state index in [1.165, 1.54) is 0 Å². The Balaban J connectivity index is 1.41. The van der Waals surface area contributed by atoms with Gasteiger partial charge in [-0.25, -0.2) is 0 Å². The Labute approximate surface area is 160 Å². The van der Waals surface area contributed by atoms with Crippen molar-refractivity contribution in [3.05, 3.63) is 35.4 Å². The number of nitrogens with one attached hydrogen (secondary N) is 1. The summed E-state index contributed by atoms with van der Waals surface area (Å²) in [7, 11) is 0. The van der Waals surface area contributed by atoms with Gasteiger partial charge in [-0.2, -0.15) is 0 Å². The Morgan fingerprint density at radius 1 is 0.889 bits per heavy atom. The molecule has 0 saturated carbocycles. The van der Waals surface area contributed by atoms with Gasteiger partial charge >= 0.3 is 0 Å². The fourth-order valence-electron chi connectivity index (χ4n) is 3.55. The van der Waals surface area contributed by atoms with E-state index in [1.54, 1.807) is 11.8 Å². The van der Waals surface area contributed by atoms with Gasteiger partial charge in [-0.3, -0.25) is 19.3 Å². The van der Waals surface area contributed by atoms with Crippen LogP contribution < -0.4 is 5.32 Å². The Kier molecular flexibility index (Phi) is 6.45. The summed E-state index contributed by atoms with van der Waals surface area (Å²) < 4.78 is 0. The summed E-state index contributed by atoms with van der Waals surface area (Å²) in [6.45, 7) is 6.85. The first-order valence-corrected chi connectivity index (χ1v) is 9.66. The van der Waals surface area contributed by atoms with E-state index in [2.05, 4.69) is 10.2 Å². The Bertz CT molecular complexity index is 675. The van der Waals surface area contributed by atoms with Gasteiger partial charge in [0.15, 0.2) is 0 Å². The molecule has 1 N–H and O–H groups in total. The lowest BCUT2D eigenvalue weighted by molar-refractivity contribution is -0.131. The number of piperazine rings is 1. The number of carbonyl (C=O) groups excluding carboxylic acids is 3. The van der Waals surface area contributed by atoms with E-state index in [4.69, 9.17) is 0 Å². The molecular formula is C20H28N4O3. The second-order valence-corrected chi connectivity index (χ2v) is 7.26. The van der Waals surface area contributed by atoms with Crippen LogP contribution in [0, 0.1) is 0 Å². The van der Waals surface area contributed by atoms with Gasteiger partial charge in [-0.05, 0) is 30.5 Å². The van der Waals surface area contributed by atoms with Crippen LogP contribution in [0.2, 0.25) is 0 Å². The third kappa shape index (κ3) is 5.29. The van der Waals surface area contributed by atoms with E-state index in [9.17, 15) is 14.4 Å². The molecule has 2 aliphatic rings. The van der Waals surface area contributed by atoms with Crippen molar-refractivity contribution < 1.29 is 14.4 Å². The topological polar surface area (TPSA) is 73.0 Å². The van der Waals surface area contributed by atoms with E-state index in [-0.39, 0.29) is 17.7 Å². The van der Waals surface area contributed by atoms with Gasteiger partial charge in [0.2, 0.25) is 11.8 Å². The first-order chi connectivity index (χ1) is 13.0. The van der Waals surface area contributed by atoms with Crippen molar-refractivity contribution in [2.24, 2.45) is 0 Å². The van der Waals surface area contributed by atoms with Crippen molar-refractivity contribution in [3.8, 4) is 0 Å². The standard InChI is InChI=1S/C20H28N4O3/c1-16(25)23-12-10-22(11-13-23)15-19(26)21-14-17-4-6-18(7-5-17)20(27)24-8-2-3-9-24/h4-7H,2-3,8-15H2,1H3,(H,21,26). The number of amides is 3. The monoisotopic (exact) mass is 372 g/mol. The molecule has 1 aromatic carbocycles. The summed E-state index contributed by atoms with van der Waals surface area (Å²) in [5.74, 6) is 0.155. The lowest BCUT2D eigenvalue weighted by atomic mass is 10.1. The van der Waals surface area contributed by atoms with Crippen LogP contribution in [-0.2, 0) is 16.1 Å². The predicted octanol–water partition coefficient (Wildman–Crippen LogP) is 0.703. The molecule has 27 heavy (non-hydrogen) atoms. The Morgan fingerprint density at radius 3 is 2.11 bits per heavy atom. The van der Waals surface area contributed by atoms with Crippen molar-refractivity contribution >= 4 is 17.7 Å². The summed E-state index contributed by atoms with van der Waals surface area (Å²) in [6, 6.07) is 7.47. The molecule has 7 nitrogen and oxygen atoms in total. The number of hydrogen-bond donors (Lipinski definition) is 1. The van der Waals surface area contributed by atoms with Crippen molar-refractivity contribution in [2.45, 2.75) is 26.3 Å². The maximum atomic E-state index is 12.3. The molecule has 0 atom stereocenters. The normalized spacial score (nSPS) is 17.8. The number of rotatable bonds is 5. The van der Waals surface area contributed by atoms with E-state index < -0.39 is 0 Å². The second kappa shape index (κ2) is 8.99. The smallest absolute Gasteiger partial charge is 0.253 e. The van der Waals surface area contributed by atoms with Crippen LogP contribution in [0.5, 0.6) is 0 Å². The van der Waals surface area contributed by atoms with E-state index in [0.717, 1.165) is 44.6 Å². The molecule has 0 radical (unpaired) electrons. The SMILES string of the molecule is CC(=O)N1CCN(CC(=O)NCc2ccc(C(=O)N3CCCC3)cc2)CC1. The first kappa shape index (κ1) is 19.4. The van der Waals surface area contributed by atoms with Crippen LogP contribution >= 0.6 is 0 Å². The Hall–Kier alpha value is -2.41. The average molecular weight is 372 g/mol. The molecule has 2 saturated heterocycles. The van der Waals surface area contributed by atoms with Crippen molar-refractivity contribution in [1.29, 1.82) is 0 Å². The zero-order valence-corrected chi connectivity index (χ0v) is 15.9. The largest absolute Gasteiger partial charge is 0.351 e. The summed E-state index contributed by atoms with van der Waals surface area (Å²) in [6.07, 6.45) is 2.17. The van der Waals surface area contributed by atoms with Crippen LogP contribution in [0.25, 0.3) is 0 Å². The highest BCUT2D eigenvalue weighted by Crippen LogP contribution is 2.13. The van der Waals surface area contributed by atoms with Crippen molar-refractivity contribution in [2.75, 3.05) is 45.8 Å². The third-order valence-electron chi connectivity index (χ3n) is 5.27. The van der Waals surface area contributed by atoms with Crippen LogP contribution in [-0.4, -0.2) is 78.2 Å². The fourth-order valence-corrected chi connectivity index (χ4v) is 3.55. The van der Waals surface area contributed by atoms with Crippen LogP contribution in [0.4, 0.5) is 0 Å². The minimum Gasteiger partial charge on any atom is -0.351 e. The van der Waals surface area contributed by atoms with Gasteiger partial charge in [0.05, 0.1) is 6.54 Å². The molecule has 2 heterocycles. The number of carbonyl (C=O) groups is 3. The molecule has 146 valence electrons. The highest BCUT2D eigenvalue weighted by atomic mass is 16.2. The quantitative estimate of drug-likeness (QED) is 0.826. The molecule has 0 bridgehead atoms. The lowest BCUT2D eigenvalue weighted by Crippen LogP contribution is -2.50. The van der Waals surface area contributed by atoms with Crippen LogP contribution in [0.15, 0.2) is 24.3 Å². The second-order valence-electron chi connectivity index (χ2n) is 7.26. The zero-order chi connectivity index (χ0) is 19.2. The maximum Gasteiger partial charge on any atom is 0.253 e. The summed E-state index contributed by atoms with van der Waals surface area (Å²) in [4.78, 5) is 41.6. The highest BCUT2D eigenvalue weighted by molar-refractivity contribution is 5.94. The molecule has 1 aromatic rings.